The highest BCUT2D eigenvalue weighted by Crippen LogP contribution is 2.34. The van der Waals surface area contributed by atoms with E-state index >= 15 is 0 Å². The second-order valence-corrected chi connectivity index (χ2v) is 5.78. The number of halogens is 2. The van der Waals surface area contributed by atoms with Gasteiger partial charge in [-0.15, -0.1) is 0 Å². The lowest BCUT2D eigenvalue weighted by atomic mass is 10.0. The van der Waals surface area contributed by atoms with Gasteiger partial charge in [0.15, 0.2) is 0 Å². The minimum Gasteiger partial charge on any atom is -0.388 e. The Kier molecular flexibility index (Phi) is 4.13. The maximum atomic E-state index is 13.2. The molecule has 0 fully saturated rings. The van der Waals surface area contributed by atoms with E-state index in [4.69, 9.17) is 11.6 Å². The zero-order valence-electron chi connectivity index (χ0n) is 11.6. The first-order valence-corrected chi connectivity index (χ1v) is 7.49. The summed E-state index contributed by atoms with van der Waals surface area (Å²) in [4.78, 5) is 2.20. The fraction of sp³-hybridized carbons (Fsp3) is 0.294. The van der Waals surface area contributed by atoms with Crippen molar-refractivity contribution in [3.05, 3.63) is 64.4 Å². The molecule has 1 atom stereocenters. The second kappa shape index (κ2) is 6.04. The lowest BCUT2D eigenvalue weighted by molar-refractivity contribution is 0.168. The van der Waals surface area contributed by atoms with E-state index in [2.05, 4.69) is 4.90 Å². The molecule has 1 N–H and O–H groups in total. The molecule has 0 spiro atoms. The summed E-state index contributed by atoms with van der Waals surface area (Å²) in [6, 6.07) is 12.4. The molecule has 0 aliphatic carbocycles. The molecule has 0 aromatic heterocycles. The zero-order valence-corrected chi connectivity index (χ0v) is 12.4. The molecule has 110 valence electrons. The van der Waals surface area contributed by atoms with Gasteiger partial charge >= 0.3 is 0 Å². The highest BCUT2D eigenvalue weighted by Gasteiger charge is 2.21. The molecule has 1 aliphatic heterocycles. The van der Waals surface area contributed by atoms with Crippen molar-refractivity contribution in [2.24, 2.45) is 0 Å². The number of fused-ring (bicyclic) bond motifs is 1. The summed E-state index contributed by atoms with van der Waals surface area (Å²) in [7, 11) is 0. The molecule has 4 heteroatoms. The van der Waals surface area contributed by atoms with Gasteiger partial charge in [0, 0.05) is 29.4 Å². The van der Waals surface area contributed by atoms with E-state index in [9.17, 15) is 9.50 Å². The molecule has 0 radical (unpaired) electrons. The Morgan fingerprint density at radius 2 is 2.05 bits per heavy atom. The first-order valence-electron chi connectivity index (χ1n) is 7.11. The third-order valence-corrected chi connectivity index (χ3v) is 4.27. The first-order chi connectivity index (χ1) is 10.1. The number of benzene rings is 2. The maximum absolute atomic E-state index is 13.2. The summed E-state index contributed by atoms with van der Waals surface area (Å²) in [6.07, 6.45) is 1.24. The number of hydrogen-bond donors (Lipinski definition) is 1. The largest absolute Gasteiger partial charge is 0.388 e. The summed E-state index contributed by atoms with van der Waals surface area (Å²) in [5.74, 6) is -0.324. The Morgan fingerprint density at radius 1 is 1.24 bits per heavy atom. The molecule has 2 aromatic carbocycles. The summed E-state index contributed by atoms with van der Waals surface area (Å²) in [5, 5.41) is 10.7. The van der Waals surface area contributed by atoms with E-state index in [1.165, 1.54) is 12.1 Å². The zero-order chi connectivity index (χ0) is 14.8. The number of nitrogens with zero attached hydrogens (tertiary/aromatic N) is 1. The van der Waals surface area contributed by atoms with Crippen LogP contribution < -0.4 is 4.90 Å². The smallest absolute Gasteiger partial charge is 0.124 e. The summed E-state index contributed by atoms with van der Waals surface area (Å²) in [6.45, 7) is 1.46. The average Bonchev–Trinajstić information content (AvgIpc) is 2.63. The van der Waals surface area contributed by atoms with Crippen LogP contribution in [0.5, 0.6) is 0 Å². The molecule has 0 amide bonds. The average molecular weight is 306 g/mol. The molecule has 0 saturated carbocycles. The number of aliphatic hydroxyl groups excluding tert-OH is 1. The highest BCUT2D eigenvalue weighted by atomic mass is 35.5. The van der Waals surface area contributed by atoms with Gasteiger partial charge in [0.2, 0.25) is 0 Å². The van der Waals surface area contributed by atoms with Crippen LogP contribution in [0.15, 0.2) is 42.5 Å². The number of aliphatic hydroxyl groups is 1. The van der Waals surface area contributed by atoms with Crippen LogP contribution in [0.2, 0.25) is 5.02 Å². The van der Waals surface area contributed by atoms with E-state index in [1.54, 1.807) is 6.07 Å². The van der Waals surface area contributed by atoms with Gasteiger partial charge in [-0.25, -0.2) is 4.39 Å². The van der Waals surface area contributed by atoms with Gasteiger partial charge in [0.05, 0.1) is 6.10 Å². The van der Waals surface area contributed by atoms with E-state index in [-0.39, 0.29) is 5.82 Å². The SMILES string of the molecule is OC1CCCN(Cc2ccc(F)cc2Cl)c2ccccc21. The molecule has 1 unspecified atom stereocenters. The van der Waals surface area contributed by atoms with E-state index in [0.717, 1.165) is 36.2 Å². The lowest BCUT2D eigenvalue weighted by Crippen LogP contribution is -2.23. The van der Waals surface area contributed by atoms with Gasteiger partial charge in [0.1, 0.15) is 5.82 Å². The van der Waals surface area contributed by atoms with Crippen LogP contribution in [0.3, 0.4) is 0 Å². The molecule has 2 aromatic rings. The number of anilines is 1. The van der Waals surface area contributed by atoms with Crippen LogP contribution >= 0.6 is 11.6 Å². The fourth-order valence-electron chi connectivity index (χ4n) is 2.83. The quantitative estimate of drug-likeness (QED) is 0.893. The minimum atomic E-state index is -0.421. The second-order valence-electron chi connectivity index (χ2n) is 5.37. The van der Waals surface area contributed by atoms with Crippen LogP contribution in [-0.2, 0) is 6.54 Å². The Balaban J connectivity index is 1.93. The molecular formula is C17H17ClFNO. The molecule has 0 saturated heterocycles. The van der Waals surface area contributed by atoms with Crippen molar-refractivity contribution in [1.82, 2.24) is 0 Å². The Bertz CT molecular complexity index is 646. The van der Waals surface area contributed by atoms with Gasteiger partial charge in [-0.1, -0.05) is 35.9 Å². The Hall–Kier alpha value is -1.58. The molecular weight excluding hydrogens is 289 g/mol. The van der Waals surface area contributed by atoms with Crippen molar-refractivity contribution < 1.29 is 9.50 Å². The lowest BCUT2D eigenvalue weighted by Gasteiger charge is -2.25. The van der Waals surface area contributed by atoms with Crippen molar-refractivity contribution in [3.63, 3.8) is 0 Å². The van der Waals surface area contributed by atoms with Crippen LogP contribution in [0.25, 0.3) is 0 Å². The molecule has 21 heavy (non-hydrogen) atoms. The normalized spacial score (nSPS) is 18.2. The summed E-state index contributed by atoms with van der Waals surface area (Å²) >= 11 is 6.13. The van der Waals surface area contributed by atoms with Crippen LogP contribution in [0.1, 0.15) is 30.1 Å². The Labute approximate surface area is 128 Å². The summed E-state index contributed by atoms with van der Waals surface area (Å²) in [5.41, 5.74) is 2.88. The van der Waals surface area contributed by atoms with Gasteiger partial charge in [-0.05, 0) is 36.6 Å². The topological polar surface area (TPSA) is 23.5 Å². The van der Waals surface area contributed by atoms with Crippen molar-refractivity contribution in [2.45, 2.75) is 25.5 Å². The van der Waals surface area contributed by atoms with Crippen molar-refractivity contribution >= 4 is 17.3 Å². The van der Waals surface area contributed by atoms with Crippen molar-refractivity contribution in [1.29, 1.82) is 0 Å². The van der Waals surface area contributed by atoms with Crippen LogP contribution in [0, 0.1) is 5.82 Å². The van der Waals surface area contributed by atoms with Crippen molar-refractivity contribution in [2.75, 3.05) is 11.4 Å². The highest BCUT2D eigenvalue weighted by molar-refractivity contribution is 6.31. The molecule has 2 nitrogen and oxygen atoms in total. The minimum absolute atomic E-state index is 0.324. The van der Waals surface area contributed by atoms with Gasteiger partial charge < -0.3 is 10.0 Å². The number of hydrogen-bond acceptors (Lipinski definition) is 2. The standard InChI is InChI=1S/C17H17ClFNO/c18-15-10-13(19)8-7-12(15)11-20-9-3-6-17(21)14-4-1-2-5-16(14)20/h1-2,4-5,7-8,10,17,21H,3,6,9,11H2. The third-order valence-electron chi connectivity index (χ3n) is 3.92. The third kappa shape index (κ3) is 3.04. The van der Waals surface area contributed by atoms with Gasteiger partial charge in [0.25, 0.3) is 0 Å². The van der Waals surface area contributed by atoms with Crippen LogP contribution in [0.4, 0.5) is 10.1 Å². The number of rotatable bonds is 2. The maximum Gasteiger partial charge on any atom is 0.124 e. The molecule has 0 bridgehead atoms. The van der Waals surface area contributed by atoms with E-state index in [1.807, 2.05) is 24.3 Å². The molecule has 1 heterocycles. The van der Waals surface area contributed by atoms with Gasteiger partial charge in [-0.2, -0.15) is 0 Å². The Morgan fingerprint density at radius 3 is 2.86 bits per heavy atom. The molecule has 3 rings (SSSR count). The number of para-hydroxylation sites is 1. The van der Waals surface area contributed by atoms with Gasteiger partial charge in [-0.3, -0.25) is 0 Å². The van der Waals surface area contributed by atoms with E-state index < -0.39 is 6.10 Å². The van der Waals surface area contributed by atoms with Crippen LogP contribution in [-0.4, -0.2) is 11.7 Å². The predicted octanol–water partition coefficient (Wildman–Crippen LogP) is 4.31. The molecule has 1 aliphatic rings. The predicted molar refractivity (Wildman–Crippen MR) is 83.1 cm³/mol. The fourth-order valence-corrected chi connectivity index (χ4v) is 3.06. The summed E-state index contributed by atoms with van der Waals surface area (Å²) < 4.78 is 13.2. The van der Waals surface area contributed by atoms with Crippen molar-refractivity contribution in [3.8, 4) is 0 Å². The van der Waals surface area contributed by atoms with E-state index in [0.29, 0.717) is 11.6 Å². The first kappa shape index (κ1) is 14.4. The monoisotopic (exact) mass is 305 g/mol.